The Bertz CT molecular complexity index is 456. The van der Waals surface area contributed by atoms with Gasteiger partial charge in [0.2, 0.25) is 0 Å². The number of nitrogens with one attached hydrogen (secondary N) is 1. The van der Waals surface area contributed by atoms with E-state index >= 15 is 0 Å². The highest BCUT2D eigenvalue weighted by Crippen LogP contribution is 2.39. The van der Waals surface area contributed by atoms with E-state index in [-0.39, 0.29) is 23.9 Å². The van der Waals surface area contributed by atoms with Crippen molar-refractivity contribution in [3.05, 3.63) is 33.8 Å². The van der Waals surface area contributed by atoms with Gasteiger partial charge < -0.3 is 11.1 Å². The third-order valence-corrected chi connectivity index (χ3v) is 4.06. The molecule has 1 saturated carbocycles. The lowest BCUT2D eigenvalue weighted by molar-refractivity contribution is 0.0897. The maximum atomic E-state index is 12.3. The van der Waals surface area contributed by atoms with E-state index in [4.69, 9.17) is 5.73 Å². The SMILES string of the molecule is Cc1cc(Br)cc(C(=O)NC(C)(CN)C2CC2)c1.Cl. The van der Waals surface area contributed by atoms with Crippen LogP contribution in [0.2, 0.25) is 0 Å². The number of benzene rings is 1. The Kier molecular flexibility index (Phi) is 5.42. The van der Waals surface area contributed by atoms with E-state index in [9.17, 15) is 4.79 Å². The number of nitrogens with two attached hydrogens (primary N) is 1. The molecule has 0 saturated heterocycles. The molecule has 1 fully saturated rings. The first-order valence-corrected chi connectivity index (χ1v) is 7.04. The molecule has 1 aromatic rings. The van der Waals surface area contributed by atoms with Crippen molar-refractivity contribution >= 4 is 34.2 Å². The Morgan fingerprint density at radius 3 is 2.58 bits per heavy atom. The predicted octanol–water partition coefficient (Wildman–Crippen LogP) is 3.04. The van der Waals surface area contributed by atoms with Crippen LogP contribution in [-0.4, -0.2) is 18.0 Å². The number of hydrogen-bond donors (Lipinski definition) is 2. The molecular weight excluding hydrogens is 328 g/mol. The summed E-state index contributed by atoms with van der Waals surface area (Å²) in [7, 11) is 0. The predicted molar refractivity (Wildman–Crippen MR) is 83.8 cm³/mol. The largest absolute Gasteiger partial charge is 0.345 e. The molecule has 3 nitrogen and oxygen atoms in total. The minimum absolute atomic E-state index is 0. The van der Waals surface area contributed by atoms with Crippen LogP contribution in [0, 0.1) is 12.8 Å². The maximum absolute atomic E-state index is 12.3. The Morgan fingerprint density at radius 1 is 1.47 bits per heavy atom. The first-order valence-electron chi connectivity index (χ1n) is 6.24. The minimum Gasteiger partial charge on any atom is -0.345 e. The van der Waals surface area contributed by atoms with E-state index in [2.05, 4.69) is 21.2 Å². The second-order valence-corrected chi connectivity index (χ2v) is 6.28. The highest BCUT2D eigenvalue weighted by Gasteiger charge is 2.41. The van der Waals surface area contributed by atoms with Crippen molar-refractivity contribution in [2.24, 2.45) is 11.7 Å². The molecule has 0 aliphatic heterocycles. The zero-order chi connectivity index (χ0) is 13.3. The van der Waals surface area contributed by atoms with E-state index < -0.39 is 0 Å². The molecule has 1 atom stereocenters. The first-order chi connectivity index (χ1) is 8.44. The molecule has 1 amide bonds. The molecule has 0 spiro atoms. The van der Waals surface area contributed by atoms with Crippen molar-refractivity contribution in [1.82, 2.24) is 5.32 Å². The van der Waals surface area contributed by atoms with Crippen LogP contribution >= 0.6 is 28.3 Å². The van der Waals surface area contributed by atoms with Crippen LogP contribution in [0.15, 0.2) is 22.7 Å². The van der Waals surface area contributed by atoms with Gasteiger partial charge in [-0.15, -0.1) is 12.4 Å². The molecule has 5 heteroatoms. The summed E-state index contributed by atoms with van der Waals surface area (Å²) < 4.78 is 0.925. The van der Waals surface area contributed by atoms with E-state index in [1.807, 2.05) is 32.0 Å². The van der Waals surface area contributed by atoms with E-state index in [1.165, 1.54) is 0 Å². The van der Waals surface area contributed by atoms with Crippen molar-refractivity contribution in [2.75, 3.05) is 6.54 Å². The molecule has 1 unspecified atom stereocenters. The molecule has 19 heavy (non-hydrogen) atoms. The summed E-state index contributed by atoms with van der Waals surface area (Å²) in [5.74, 6) is 0.485. The molecule has 1 aromatic carbocycles. The molecule has 2 rings (SSSR count). The van der Waals surface area contributed by atoms with Gasteiger partial charge in [-0.25, -0.2) is 0 Å². The van der Waals surface area contributed by atoms with Crippen molar-refractivity contribution in [3.8, 4) is 0 Å². The third-order valence-electron chi connectivity index (χ3n) is 3.61. The summed E-state index contributed by atoms with van der Waals surface area (Å²) in [6.07, 6.45) is 2.32. The molecule has 106 valence electrons. The molecule has 3 N–H and O–H groups in total. The van der Waals surface area contributed by atoms with Crippen molar-refractivity contribution in [3.63, 3.8) is 0 Å². The zero-order valence-electron chi connectivity index (χ0n) is 11.2. The highest BCUT2D eigenvalue weighted by atomic mass is 79.9. The number of carbonyl (C=O) groups is 1. The van der Waals surface area contributed by atoms with Gasteiger partial charge in [0, 0.05) is 16.6 Å². The molecule has 1 aliphatic rings. The first kappa shape index (κ1) is 16.5. The maximum Gasteiger partial charge on any atom is 0.251 e. The highest BCUT2D eigenvalue weighted by molar-refractivity contribution is 9.10. The second-order valence-electron chi connectivity index (χ2n) is 5.37. The van der Waals surface area contributed by atoms with Gasteiger partial charge in [-0.2, -0.15) is 0 Å². The van der Waals surface area contributed by atoms with Gasteiger partial charge in [-0.3, -0.25) is 4.79 Å². The fourth-order valence-corrected chi connectivity index (χ4v) is 2.85. The van der Waals surface area contributed by atoms with E-state index in [0.29, 0.717) is 18.0 Å². The van der Waals surface area contributed by atoms with Crippen LogP contribution < -0.4 is 11.1 Å². The van der Waals surface area contributed by atoms with Crippen LogP contribution in [0.25, 0.3) is 0 Å². The van der Waals surface area contributed by atoms with Gasteiger partial charge in [-0.05, 0) is 56.4 Å². The topological polar surface area (TPSA) is 55.1 Å². The number of amides is 1. The normalized spacial score (nSPS) is 17.3. The lowest BCUT2D eigenvalue weighted by atomic mass is 9.95. The van der Waals surface area contributed by atoms with Crippen LogP contribution in [0.4, 0.5) is 0 Å². The molecule has 0 bridgehead atoms. The Balaban J connectivity index is 0.00000180. The number of aryl methyl sites for hydroxylation is 1. The minimum atomic E-state index is -0.271. The van der Waals surface area contributed by atoms with Gasteiger partial charge in [0.1, 0.15) is 0 Å². The number of hydrogen-bond acceptors (Lipinski definition) is 2. The average molecular weight is 348 g/mol. The summed E-state index contributed by atoms with van der Waals surface area (Å²) in [4.78, 5) is 12.3. The molecule has 1 aliphatic carbocycles. The number of rotatable bonds is 4. The van der Waals surface area contributed by atoms with Crippen LogP contribution in [-0.2, 0) is 0 Å². The van der Waals surface area contributed by atoms with Crippen LogP contribution in [0.5, 0.6) is 0 Å². The lowest BCUT2D eigenvalue weighted by Gasteiger charge is -2.29. The Morgan fingerprint density at radius 2 is 2.11 bits per heavy atom. The summed E-state index contributed by atoms with van der Waals surface area (Å²) in [5, 5.41) is 3.09. The van der Waals surface area contributed by atoms with Gasteiger partial charge in [-0.1, -0.05) is 15.9 Å². The van der Waals surface area contributed by atoms with Gasteiger partial charge >= 0.3 is 0 Å². The number of halogens is 2. The van der Waals surface area contributed by atoms with Gasteiger partial charge in [0.05, 0.1) is 5.54 Å². The molecule has 0 heterocycles. The monoisotopic (exact) mass is 346 g/mol. The van der Waals surface area contributed by atoms with Gasteiger partial charge in [0.25, 0.3) is 5.91 Å². The van der Waals surface area contributed by atoms with Crippen LogP contribution in [0.3, 0.4) is 0 Å². The van der Waals surface area contributed by atoms with E-state index in [1.54, 1.807) is 0 Å². The lowest BCUT2D eigenvalue weighted by Crippen LogP contribution is -2.53. The quantitative estimate of drug-likeness (QED) is 0.879. The van der Waals surface area contributed by atoms with E-state index in [0.717, 1.165) is 22.9 Å². The Labute approximate surface area is 128 Å². The standard InChI is InChI=1S/C14H19BrN2O.ClH/c1-9-5-10(7-12(15)6-9)13(18)17-14(2,8-16)11-3-4-11;/h5-7,11H,3-4,8,16H2,1-2H3,(H,17,18);1H. The molecular formula is C14H20BrClN2O. The zero-order valence-corrected chi connectivity index (χ0v) is 13.6. The Hall–Kier alpha value is -0.580. The summed E-state index contributed by atoms with van der Waals surface area (Å²) in [5.41, 5.74) is 7.29. The molecule has 0 aromatic heterocycles. The smallest absolute Gasteiger partial charge is 0.251 e. The molecule has 0 radical (unpaired) electrons. The fourth-order valence-electron chi connectivity index (χ4n) is 2.24. The van der Waals surface area contributed by atoms with Crippen molar-refractivity contribution in [1.29, 1.82) is 0 Å². The van der Waals surface area contributed by atoms with Crippen LogP contribution in [0.1, 0.15) is 35.7 Å². The number of carbonyl (C=O) groups excluding carboxylic acids is 1. The summed E-state index contributed by atoms with van der Waals surface area (Å²) in [6, 6.07) is 5.72. The summed E-state index contributed by atoms with van der Waals surface area (Å²) in [6.45, 7) is 4.49. The van der Waals surface area contributed by atoms with Crippen molar-refractivity contribution < 1.29 is 4.79 Å². The average Bonchev–Trinajstić information content (AvgIpc) is 3.11. The van der Waals surface area contributed by atoms with Crippen molar-refractivity contribution in [2.45, 2.75) is 32.2 Å². The fraction of sp³-hybridized carbons (Fsp3) is 0.500. The van der Waals surface area contributed by atoms with Gasteiger partial charge in [0.15, 0.2) is 0 Å². The third kappa shape index (κ3) is 3.94. The summed E-state index contributed by atoms with van der Waals surface area (Å²) >= 11 is 3.41. The second kappa shape index (κ2) is 6.25.